The molecule has 0 aliphatic carbocycles. The van der Waals surface area contributed by atoms with Gasteiger partial charge in [-0.3, -0.25) is 4.79 Å². The van der Waals surface area contributed by atoms with Crippen LogP contribution in [-0.2, 0) is 9.59 Å². The van der Waals surface area contributed by atoms with E-state index in [1.807, 2.05) is 0 Å². The zero-order valence-corrected chi connectivity index (χ0v) is 12.8. The standard InChI is InChI=1S/C14H15Cl2NO4/c1-3-4-11(14(19)20)17-13(18)8(2)21-12-6-5-9(15)7-10(12)16/h3,5-8,11H,1,4H2,2H3,(H,17,18)(H,19,20). The number of carbonyl (C=O) groups is 2. The van der Waals surface area contributed by atoms with Gasteiger partial charge in [-0.15, -0.1) is 6.58 Å². The lowest BCUT2D eigenvalue weighted by molar-refractivity contribution is -0.142. The topological polar surface area (TPSA) is 75.6 Å². The molecule has 2 atom stereocenters. The molecule has 7 heteroatoms. The van der Waals surface area contributed by atoms with Crippen molar-refractivity contribution in [3.05, 3.63) is 40.9 Å². The van der Waals surface area contributed by atoms with Gasteiger partial charge in [-0.05, 0) is 31.5 Å². The van der Waals surface area contributed by atoms with E-state index in [1.165, 1.54) is 25.1 Å². The highest BCUT2D eigenvalue weighted by Gasteiger charge is 2.23. The molecule has 2 N–H and O–H groups in total. The molecule has 1 aromatic rings. The molecule has 1 amide bonds. The fourth-order valence-electron chi connectivity index (χ4n) is 1.49. The molecule has 5 nitrogen and oxygen atoms in total. The first-order valence-electron chi connectivity index (χ1n) is 6.11. The third kappa shape index (κ3) is 5.28. The molecule has 1 aromatic carbocycles. The number of hydrogen-bond donors (Lipinski definition) is 2. The lowest BCUT2D eigenvalue weighted by Crippen LogP contribution is -2.46. The third-order valence-electron chi connectivity index (χ3n) is 2.58. The van der Waals surface area contributed by atoms with Crippen LogP contribution in [0.25, 0.3) is 0 Å². The van der Waals surface area contributed by atoms with E-state index in [2.05, 4.69) is 11.9 Å². The van der Waals surface area contributed by atoms with E-state index < -0.39 is 24.0 Å². The van der Waals surface area contributed by atoms with Crippen molar-refractivity contribution < 1.29 is 19.4 Å². The highest BCUT2D eigenvalue weighted by Crippen LogP contribution is 2.28. The minimum absolute atomic E-state index is 0.121. The van der Waals surface area contributed by atoms with Gasteiger partial charge in [0.2, 0.25) is 0 Å². The maximum atomic E-state index is 11.9. The lowest BCUT2D eigenvalue weighted by atomic mass is 10.2. The van der Waals surface area contributed by atoms with E-state index in [4.69, 9.17) is 33.0 Å². The van der Waals surface area contributed by atoms with Gasteiger partial charge in [0, 0.05) is 5.02 Å². The molecule has 21 heavy (non-hydrogen) atoms. The number of carboxylic acid groups (broad SMARTS) is 1. The summed E-state index contributed by atoms with van der Waals surface area (Å²) >= 11 is 11.7. The summed E-state index contributed by atoms with van der Waals surface area (Å²) in [6.07, 6.45) is 0.631. The smallest absolute Gasteiger partial charge is 0.326 e. The van der Waals surface area contributed by atoms with Crippen LogP contribution < -0.4 is 10.1 Å². The average Bonchev–Trinajstić information content (AvgIpc) is 2.41. The predicted molar refractivity (Wildman–Crippen MR) is 80.9 cm³/mol. The summed E-state index contributed by atoms with van der Waals surface area (Å²) < 4.78 is 5.40. The van der Waals surface area contributed by atoms with Gasteiger partial charge >= 0.3 is 5.97 Å². The number of benzene rings is 1. The Morgan fingerprint density at radius 1 is 1.48 bits per heavy atom. The minimum atomic E-state index is -1.14. The van der Waals surface area contributed by atoms with E-state index in [1.54, 1.807) is 6.07 Å². The van der Waals surface area contributed by atoms with Crippen molar-refractivity contribution in [1.29, 1.82) is 0 Å². The number of halogens is 2. The second kappa shape index (κ2) is 7.90. The quantitative estimate of drug-likeness (QED) is 0.753. The average molecular weight is 332 g/mol. The first-order valence-corrected chi connectivity index (χ1v) is 6.86. The molecule has 0 aliphatic rings. The number of aliphatic carboxylic acids is 1. The van der Waals surface area contributed by atoms with Gasteiger partial charge in [0.05, 0.1) is 5.02 Å². The molecule has 0 heterocycles. The summed E-state index contributed by atoms with van der Waals surface area (Å²) in [4.78, 5) is 22.9. The maximum Gasteiger partial charge on any atom is 0.326 e. The second-order valence-corrected chi connectivity index (χ2v) is 5.10. The van der Waals surface area contributed by atoms with Gasteiger partial charge in [0.1, 0.15) is 11.8 Å². The fraction of sp³-hybridized carbons (Fsp3) is 0.286. The molecule has 0 fully saturated rings. The van der Waals surface area contributed by atoms with Crippen molar-refractivity contribution in [2.24, 2.45) is 0 Å². The SMILES string of the molecule is C=CCC(NC(=O)C(C)Oc1ccc(Cl)cc1Cl)C(=O)O. The molecule has 114 valence electrons. The summed E-state index contributed by atoms with van der Waals surface area (Å²) in [5.41, 5.74) is 0. The number of amides is 1. The Kier molecular flexibility index (Phi) is 6.52. The maximum absolute atomic E-state index is 11.9. The van der Waals surface area contributed by atoms with E-state index >= 15 is 0 Å². The molecule has 1 rings (SSSR count). The van der Waals surface area contributed by atoms with Crippen molar-refractivity contribution >= 4 is 35.1 Å². The molecule has 0 saturated heterocycles. The third-order valence-corrected chi connectivity index (χ3v) is 3.11. The van der Waals surface area contributed by atoms with Gasteiger partial charge in [0.15, 0.2) is 6.10 Å². The van der Waals surface area contributed by atoms with Crippen LogP contribution in [0.5, 0.6) is 5.75 Å². The Bertz CT molecular complexity index is 548. The summed E-state index contributed by atoms with van der Waals surface area (Å²) in [6, 6.07) is 3.56. The minimum Gasteiger partial charge on any atom is -0.480 e. The van der Waals surface area contributed by atoms with Crippen LogP contribution in [-0.4, -0.2) is 29.1 Å². The Morgan fingerprint density at radius 2 is 2.14 bits per heavy atom. The van der Waals surface area contributed by atoms with Crippen molar-refractivity contribution in [3.63, 3.8) is 0 Å². The molecule has 0 aliphatic heterocycles. The Balaban J connectivity index is 2.69. The van der Waals surface area contributed by atoms with Crippen LogP contribution in [0.15, 0.2) is 30.9 Å². The Labute approximate surface area is 132 Å². The summed E-state index contributed by atoms with van der Waals surface area (Å²) in [6.45, 7) is 4.94. The van der Waals surface area contributed by atoms with Crippen LogP contribution in [0.4, 0.5) is 0 Å². The zero-order valence-electron chi connectivity index (χ0n) is 11.3. The first kappa shape index (κ1) is 17.3. The molecule has 2 unspecified atom stereocenters. The second-order valence-electron chi connectivity index (χ2n) is 4.26. The molecular formula is C14H15Cl2NO4. The molecular weight excluding hydrogens is 317 g/mol. The monoisotopic (exact) mass is 331 g/mol. The Morgan fingerprint density at radius 3 is 2.67 bits per heavy atom. The summed E-state index contributed by atoms with van der Waals surface area (Å²) in [5.74, 6) is -1.41. The van der Waals surface area contributed by atoms with Crippen molar-refractivity contribution in [1.82, 2.24) is 5.32 Å². The normalized spacial score (nSPS) is 13.1. The molecule has 0 aromatic heterocycles. The highest BCUT2D eigenvalue weighted by molar-refractivity contribution is 6.35. The highest BCUT2D eigenvalue weighted by atomic mass is 35.5. The van der Waals surface area contributed by atoms with E-state index in [9.17, 15) is 9.59 Å². The van der Waals surface area contributed by atoms with Gasteiger partial charge in [-0.1, -0.05) is 29.3 Å². The number of hydrogen-bond acceptors (Lipinski definition) is 3. The molecule has 0 radical (unpaired) electrons. The van der Waals surface area contributed by atoms with Gasteiger partial charge in [-0.2, -0.15) is 0 Å². The molecule has 0 spiro atoms. The number of carbonyl (C=O) groups excluding carboxylic acids is 1. The fourth-order valence-corrected chi connectivity index (χ4v) is 1.95. The predicted octanol–water partition coefficient (Wildman–Crippen LogP) is 2.91. The van der Waals surface area contributed by atoms with Gasteiger partial charge in [0.25, 0.3) is 5.91 Å². The van der Waals surface area contributed by atoms with Gasteiger partial charge in [-0.25, -0.2) is 4.79 Å². The number of rotatable bonds is 7. The number of nitrogens with one attached hydrogen (secondary N) is 1. The molecule has 0 bridgehead atoms. The van der Waals surface area contributed by atoms with Gasteiger partial charge < -0.3 is 15.2 Å². The molecule has 0 saturated carbocycles. The van der Waals surface area contributed by atoms with Crippen molar-refractivity contribution in [2.45, 2.75) is 25.5 Å². The summed E-state index contributed by atoms with van der Waals surface area (Å²) in [5, 5.41) is 12.0. The van der Waals surface area contributed by atoms with E-state index in [-0.39, 0.29) is 11.4 Å². The van der Waals surface area contributed by atoms with Crippen molar-refractivity contribution in [3.8, 4) is 5.75 Å². The largest absolute Gasteiger partial charge is 0.480 e. The van der Waals surface area contributed by atoms with Crippen LogP contribution in [0.3, 0.4) is 0 Å². The van der Waals surface area contributed by atoms with Crippen LogP contribution in [0.1, 0.15) is 13.3 Å². The first-order chi connectivity index (χ1) is 9.85. The number of ether oxygens (including phenoxy) is 1. The Hall–Kier alpha value is -1.72. The summed E-state index contributed by atoms with van der Waals surface area (Å²) in [7, 11) is 0. The van der Waals surface area contributed by atoms with Crippen LogP contribution in [0, 0.1) is 0 Å². The van der Waals surface area contributed by atoms with E-state index in [0.717, 1.165) is 0 Å². The zero-order chi connectivity index (χ0) is 16.0. The van der Waals surface area contributed by atoms with E-state index in [0.29, 0.717) is 10.8 Å². The van der Waals surface area contributed by atoms with Crippen LogP contribution >= 0.6 is 23.2 Å². The van der Waals surface area contributed by atoms with Crippen molar-refractivity contribution in [2.75, 3.05) is 0 Å². The van der Waals surface area contributed by atoms with Crippen LogP contribution in [0.2, 0.25) is 10.0 Å². The lowest BCUT2D eigenvalue weighted by Gasteiger charge is -2.18. The number of carboxylic acids is 1.